The Morgan fingerprint density at radius 2 is 1.85 bits per heavy atom. The molecule has 3 aromatic rings. The van der Waals surface area contributed by atoms with Gasteiger partial charge in [-0.05, 0) is 53.9 Å². The molecule has 0 aliphatic carbocycles. The van der Waals surface area contributed by atoms with Gasteiger partial charge in [0.05, 0.1) is 5.69 Å². The van der Waals surface area contributed by atoms with Crippen molar-refractivity contribution in [2.75, 3.05) is 26.7 Å². The highest BCUT2D eigenvalue weighted by molar-refractivity contribution is 6.05. The SMILES string of the molecule is CN(CC1CN(Cc2ccnc(-c3ccc4c(c3)CN([C@H]3CCC(=O)NC3=O)C4=O)c2)C1)C(=O)c1ccccc1. The third-order valence-corrected chi connectivity index (χ3v) is 7.98. The second kappa shape index (κ2) is 10.7. The topological polar surface area (TPSA) is 103 Å². The summed E-state index contributed by atoms with van der Waals surface area (Å²) in [7, 11) is 1.86. The van der Waals surface area contributed by atoms with Gasteiger partial charge in [-0.2, -0.15) is 0 Å². The van der Waals surface area contributed by atoms with Gasteiger partial charge in [0, 0.05) is 75.0 Å². The van der Waals surface area contributed by atoms with Crippen LogP contribution in [0.25, 0.3) is 11.3 Å². The minimum absolute atomic E-state index is 0.0501. The van der Waals surface area contributed by atoms with Gasteiger partial charge in [0.1, 0.15) is 6.04 Å². The largest absolute Gasteiger partial charge is 0.341 e. The molecule has 204 valence electrons. The highest BCUT2D eigenvalue weighted by atomic mass is 16.2. The number of rotatable bonds is 7. The van der Waals surface area contributed by atoms with Crippen LogP contribution in [0.5, 0.6) is 0 Å². The molecule has 0 spiro atoms. The van der Waals surface area contributed by atoms with Gasteiger partial charge in [0.15, 0.2) is 0 Å². The maximum absolute atomic E-state index is 13.0. The molecule has 2 aromatic carbocycles. The number of benzene rings is 2. The van der Waals surface area contributed by atoms with Crippen LogP contribution in [0.15, 0.2) is 66.9 Å². The minimum atomic E-state index is -0.626. The van der Waals surface area contributed by atoms with Crippen molar-refractivity contribution in [2.45, 2.75) is 32.0 Å². The van der Waals surface area contributed by atoms with E-state index in [-0.39, 0.29) is 24.1 Å². The molecule has 3 aliphatic heterocycles. The molecule has 0 bridgehead atoms. The van der Waals surface area contributed by atoms with E-state index in [4.69, 9.17) is 0 Å². The second-order valence-corrected chi connectivity index (χ2v) is 10.9. The lowest BCUT2D eigenvalue weighted by Crippen LogP contribution is -2.52. The van der Waals surface area contributed by atoms with E-state index in [0.717, 1.165) is 48.6 Å². The summed E-state index contributed by atoms with van der Waals surface area (Å²) in [5.74, 6) is -0.386. The van der Waals surface area contributed by atoms with E-state index in [1.165, 1.54) is 0 Å². The normalized spacial score (nSPS) is 19.3. The van der Waals surface area contributed by atoms with Gasteiger partial charge in [0.25, 0.3) is 11.8 Å². The van der Waals surface area contributed by atoms with E-state index >= 15 is 0 Å². The first-order chi connectivity index (χ1) is 19.4. The Bertz CT molecular complexity index is 1480. The zero-order chi connectivity index (χ0) is 27.8. The highest BCUT2D eigenvalue weighted by Gasteiger charge is 2.39. The molecule has 1 N–H and O–H groups in total. The summed E-state index contributed by atoms with van der Waals surface area (Å²) in [6, 6.07) is 18.5. The van der Waals surface area contributed by atoms with Gasteiger partial charge >= 0.3 is 0 Å². The number of nitrogens with zero attached hydrogens (tertiary/aromatic N) is 4. The van der Waals surface area contributed by atoms with Crippen LogP contribution in [0, 0.1) is 5.92 Å². The Hall–Kier alpha value is -4.37. The number of amides is 4. The molecule has 6 rings (SSSR count). The average Bonchev–Trinajstić information content (AvgIpc) is 3.27. The summed E-state index contributed by atoms with van der Waals surface area (Å²) in [6.45, 7) is 3.73. The molecular weight excluding hydrogens is 506 g/mol. The van der Waals surface area contributed by atoms with Crippen molar-refractivity contribution in [3.8, 4) is 11.3 Å². The van der Waals surface area contributed by atoms with Gasteiger partial charge in [0.2, 0.25) is 11.8 Å². The molecule has 40 heavy (non-hydrogen) atoms. The van der Waals surface area contributed by atoms with Crippen molar-refractivity contribution in [2.24, 2.45) is 5.92 Å². The van der Waals surface area contributed by atoms with Crippen LogP contribution in [0.1, 0.15) is 44.7 Å². The molecule has 0 unspecified atom stereocenters. The summed E-state index contributed by atoms with van der Waals surface area (Å²) in [5, 5.41) is 2.34. The number of pyridine rings is 1. The Morgan fingerprint density at radius 3 is 2.62 bits per heavy atom. The van der Waals surface area contributed by atoms with Crippen molar-refractivity contribution in [1.29, 1.82) is 0 Å². The molecule has 9 nitrogen and oxygen atoms in total. The molecule has 4 amide bonds. The summed E-state index contributed by atoms with van der Waals surface area (Å²) < 4.78 is 0. The Kier molecular flexibility index (Phi) is 6.89. The summed E-state index contributed by atoms with van der Waals surface area (Å²) in [6.07, 6.45) is 2.39. The number of hydrogen-bond acceptors (Lipinski definition) is 6. The van der Waals surface area contributed by atoms with Crippen molar-refractivity contribution >= 4 is 23.6 Å². The third-order valence-electron chi connectivity index (χ3n) is 7.98. The number of hydrogen-bond donors (Lipinski definition) is 1. The van der Waals surface area contributed by atoms with E-state index < -0.39 is 11.9 Å². The predicted octanol–water partition coefficient (Wildman–Crippen LogP) is 2.71. The summed E-state index contributed by atoms with van der Waals surface area (Å²) in [5.41, 5.74) is 5.06. The van der Waals surface area contributed by atoms with E-state index in [0.29, 0.717) is 30.0 Å². The van der Waals surface area contributed by atoms with E-state index in [1.54, 1.807) is 11.0 Å². The molecule has 3 aliphatic rings. The monoisotopic (exact) mass is 537 g/mol. The molecule has 1 atom stereocenters. The van der Waals surface area contributed by atoms with Crippen LogP contribution in [0.2, 0.25) is 0 Å². The first kappa shape index (κ1) is 25.9. The number of piperidine rings is 1. The van der Waals surface area contributed by atoms with Crippen LogP contribution >= 0.6 is 0 Å². The molecule has 0 saturated carbocycles. The number of aromatic nitrogens is 1. The lowest BCUT2D eigenvalue weighted by Gasteiger charge is -2.41. The van der Waals surface area contributed by atoms with Gasteiger partial charge < -0.3 is 9.80 Å². The fourth-order valence-electron chi connectivity index (χ4n) is 5.92. The zero-order valence-corrected chi connectivity index (χ0v) is 22.4. The zero-order valence-electron chi connectivity index (χ0n) is 22.4. The number of carbonyl (C=O) groups excluding carboxylic acids is 4. The van der Waals surface area contributed by atoms with Crippen molar-refractivity contribution in [1.82, 2.24) is 25.0 Å². The van der Waals surface area contributed by atoms with E-state index in [9.17, 15) is 19.2 Å². The molecule has 2 fully saturated rings. The highest BCUT2D eigenvalue weighted by Crippen LogP contribution is 2.31. The average molecular weight is 538 g/mol. The maximum atomic E-state index is 13.0. The standard InChI is InChI=1S/C31H31N5O4/c1-34(30(39)22-5-3-2-4-6-22)15-21-17-35(18-21)16-20-11-12-32-26(13-20)23-7-8-25-24(14-23)19-36(31(25)40)27-9-10-28(37)33-29(27)38/h2-8,11-14,21,27H,9-10,15-19H2,1H3,(H,33,37,38)/t27-/m0/s1. The number of carbonyl (C=O) groups is 4. The molecule has 0 radical (unpaired) electrons. The van der Waals surface area contributed by atoms with Crippen molar-refractivity contribution < 1.29 is 19.2 Å². The first-order valence-electron chi connectivity index (χ1n) is 13.6. The smallest absolute Gasteiger partial charge is 0.255 e. The maximum Gasteiger partial charge on any atom is 0.255 e. The van der Waals surface area contributed by atoms with Crippen molar-refractivity contribution in [3.05, 3.63) is 89.1 Å². The molecule has 9 heteroatoms. The van der Waals surface area contributed by atoms with E-state index in [1.807, 2.05) is 66.7 Å². The van der Waals surface area contributed by atoms with Crippen LogP contribution in [0.4, 0.5) is 0 Å². The third kappa shape index (κ3) is 5.12. The minimum Gasteiger partial charge on any atom is -0.341 e. The van der Waals surface area contributed by atoms with Gasteiger partial charge in [-0.3, -0.25) is 34.4 Å². The number of likely N-dealkylation sites (tertiary alicyclic amines) is 1. The number of imide groups is 1. The molecule has 1 aromatic heterocycles. The van der Waals surface area contributed by atoms with Crippen LogP contribution in [0.3, 0.4) is 0 Å². The fraction of sp³-hybridized carbons (Fsp3) is 0.323. The van der Waals surface area contributed by atoms with E-state index in [2.05, 4.69) is 21.3 Å². The van der Waals surface area contributed by atoms with Crippen LogP contribution < -0.4 is 5.32 Å². The molecular formula is C31H31N5O4. The summed E-state index contributed by atoms with van der Waals surface area (Å²) >= 11 is 0. The van der Waals surface area contributed by atoms with Crippen LogP contribution in [-0.2, 0) is 22.7 Å². The Balaban J connectivity index is 1.06. The van der Waals surface area contributed by atoms with Crippen molar-refractivity contribution in [3.63, 3.8) is 0 Å². The quantitative estimate of drug-likeness (QED) is 0.465. The Labute approximate surface area is 232 Å². The van der Waals surface area contributed by atoms with Gasteiger partial charge in [-0.15, -0.1) is 0 Å². The molecule has 4 heterocycles. The lowest BCUT2D eigenvalue weighted by molar-refractivity contribution is -0.136. The summed E-state index contributed by atoms with van der Waals surface area (Å²) in [4.78, 5) is 59.8. The van der Waals surface area contributed by atoms with Gasteiger partial charge in [-0.25, -0.2) is 0 Å². The second-order valence-electron chi connectivity index (χ2n) is 10.9. The predicted molar refractivity (Wildman–Crippen MR) is 148 cm³/mol. The van der Waals surface area contributed by atoms with Gasteiger partial charge in [-0.1, -0.05) is 24.3 Å². The van der Waals surface area contributed by atoms with Crippen LogP contribution in [-0.4, -0.2) is 76.0 Å². The number of fused-ring (bicyclic) bond motifs is 1. The lowest BCUT2D eigenvalue weighted by atomic mass is 9.98. The number of nitrogens with one attached hydrogen (secondary N) is 1. The molecule has 2 saturated heterocycles. The first-order valence-corrected chi connectivity index (χ1v) is 13.6. The fourth-order valence-corrected chi connectivity index (χ4v) is 5.92. The Morgan fingerprint density at radius 1 is 1.05 bits per heavy atom.